The van der Waals surface area contributed by atoms with Gasteiger partial charge in [0.1, 0.15) is 5.75 Å². The monoisotopic (exact) mass is 328 g/mol. The van der Waals surface area contributed by atoms with Crippen molar-refractivity contribution < 1.29 is 19.0 Å². The van der Waals surface area contributed by atoms with Crippen LogP contribution in [-0.4, -0.2) is 18.9 Å². The van der Waals surface area contributed by atoms with Crippen LogP contribution < -0.4 is 4.74 Å². The van der Waals surface area contributed by atoms with E-state index in [0.29, 0.717) is 12.4 Å². The van der Waals surface area contributed by atoms with Crippen molar-refractivity contribution in [2.75, 3.05) is 6.61 Å². The molecule has 0 saturated heterocycles. The molecule has 0 amide bonds. The van der Waals surface area contributed by atoms with E-state index in [4.69, 9.17) is 14.2 Å². The maximum absolute atomic E-state index is 12.2. The van der Waals surface area contributed by atoms with Gasteiger partial charge in [-0.05, 0) is 49.1 Å². The van der Waals surface area contributed by atoms with Gasteiger partial charge in [0.25, 0.3) is 6.29 Å². The minimum absolute atomic E-state index is 0.275. The summed E-state index contributed by atoms with van der Waals surface area (Å²) in [5.74, 6) is 0.0888. The van der Waals surface area contributed by atoms with Gasteiger partial charge in [-0.1, -0.05) is 43.3 Å². The Balaban J connectivity index is 2.08. The maximum atomic E-state index is 12.2. The Morgan fingerprint density at radius 1 is 1.04 bits per heavy atom. The lowest BCUT2D eigenvalue weighted by Crippen LogP contribution is -2.32. The summed E-state index contributed by atoms with van der Waals surface area (Å²) >= 11 is 0. The van der Waals surface area contributed by atoms with Crippen LogP contribution in [0.5, 0.6) is 5.75 Å². The molecule has 0 aromatic heterocycles. The highest BCUT2D eigenvalue weighted by Crippen LogP contribution is 2.19. The van der Waals surface area contributed by atoms with E-state index in [1.807, 2.05) is 69.3 Å². The minimum atomic E-state index is -1.09. The van der Waals surface area contributed by atoms with E-state index in [2.05, 4.69) is 0 Å². The van der Waals surface area contributed by atoms with Gasteiger partial charge >= 0.3 is 5.97 Å². The molecule has 2 aromatic carbocycles. The van der Waals surface area contributed by atoms with E-state index in [1.165, 1.54) is 0 Å². The van der Waals surface area contributed by atoms with Gasteiger partial charge in [-0.25, -0.2) is 4.79 Å². The third-order valence-corrected chi connectivity index (χ3v) is 3.32. The Labute approximate surface area is 143 Å². The molecule has 24 heavy (non-hydrogen) atoms. The molecule has 1 unspecified atom stereocenters. The number of carbonyl (C=O) groups is 1. The van der Waals surface area contributed by atoms with Crippen LogP contribution in [0.25, 0.3) is 0 Å². The molecule has 0 saturated carbocycles. The highest BCUT2D eigenvalue weighted by molar-refractivity contribution is 5.73. The first kappa shape index (κ1) is 18.0. The number of hydrogen-bond acceptors (Lipinski definition) is 4. The van der Waals surface area contributed by atoms with E-state index in [-0.39, 0.29) is 6.61 Å². The van der Waals surface area contributed by atoms with Gasteiger partial charge in [0.15, 0.2) is 0 Å². The van der Waals surface area contributed by atoms with Crippen molar-refractivity contribution in [3.8, 4) is 5.75 Å². The molecule has 1 atom stereocenters. The number of ether oxygens (including phenoxy) is 3. The molecular formula is C20H24O4. The highest BCUT2D eigenvalue weighted by atomic mass is 16.7. The molecule has 0 N–H and O–H groups in total. The van der Waals surface area contributed by atoms with Gasteiger partial charge in [0.05, 0.1) is 13.2 Å². The van der Waals surface area contributed by atoms with E-state index in [1.54, 1.807) is 0 Å². The number of aryl methyl sites for hydroxylation is 2. The van der Waals surface area contributed by atoms with Crippen molar-refractivity contribution in [2.45, 2.75) is 40.1 Å². The second-order valence-electron chi connectivity index (χ2n) is 5.74. The molecule has 0 bridgehead atoms. The Hall–Kier alpha value is -2.33. The van der Waals surface area contributed by atoms with Crippen molar-refractivity contribution in [2.24, 2.45) is 0 Å². The zero-order valence-electron chi connectivity index (χ0n) is 14.5. The van der Waals surface area contributed by atoms with Crippen LogP contribution in [0.2, 0.25) is 0 Å². The lowest BCUT2D eigenvalue weighted by Gasteiger charge is -2.19. The van der Waals surface area contributed by atoms with Gasteiger partial charge in [-0.2, -0.15) is 0 Å². The average Bonchev–Trinajstić information content (AvgIpc) is 2.56. The van der Waals surface area contributed by atoms with Crippen LogP contribution in [0, 0.1) is 13.8 Å². The predicted molar refractivity (Wildman–Crippen MR) is 92.8 cm³/mol. The summed E-state index contributed by atoms with van der Waals surface area (Å²) in [5, 5.41) is 0. The minimum Gasteiger partial charge on any atom is -0.461 e. The number of hydrogen-bond donors (Lipinski definition) is 0. The Morgan fingerprint density at radius 2 is 1.71 bits per heavy atom. The molecule has 0 aliphatic carbocycles. The SMILES string of the molecule is CCCOC(=O)C(OCc1ccccc1)Oc1cc(C)cc(C)c1. The summed E-state index contributed by atoms with van der Waals surface area (Å²) < 4.78 is 16.6. The Morgan fingerprint density at radius 3 is 2.33 bits per heavy atom. The van der Waals surface area contributed by atoms with Gasteiger partial charge in [0, 0.05) is 0 Å². The van der Waals surface area contributed by atoms with Crippen molar-refractivity contribution >= 4 is 5.97 Å². The van der Waals surface area contributed by atoms with Crippen molar-refractivity contribution in [1.29, 1.82) is 0 Å². The molecule has 0 aliphatic heterocycles. The van der Waals surface area contributed by atoms with E-state index in [9.17, 15) is 4.79 Å². The van der Waals surface area contributed by atoms with Gasteiger partial charge in [-0.3, -0.25) is 0 Å². The summed E-state index contributed by atoms with van der Waals surface area (Å²) in [5.41, 5.74) is 3.09. The smallest absolute Gasteiger partial charge is 0.376 e. The lowest BCUT2D eigenvalue weighted by atomic mass is 10.1. The molecule has 2 aromatic rings. The molecule has 0 spiro atoms. The summed E-state index contributed by atoms with van der Waals surface area (Å²) in [4.78, 5) is 12.2. The number of benzene rings is 2. The van der Waals surface area contributed by atoms with E-state index < -0.39 is 12.3 Å². The summed E-state index contributed by atoms with van der Waals surface area (Å²) in [6, 6.07) is 15.4. The van der Waals surface area contributed by atoms with Crippen LogP contribution >= 0.6 is 0 Å². The Kier molecular flexibility index (Phi) is 6.82. The van der Waals surface area contributed by atoms with E-state index >= 15 is 0 Å². The van der Waals surface area contributed by atoms with Crippen LogP contribution in [0.4, 0.5) is 0 Å². The number of esters is 1. The molecule has 4 nitrogen and oxygen atoms in total. The van der Waals surface area contributed by atoms with Crippen LogP contribution in [0.3, 0.4) is 0 Å². The fraction of sp³-hybridized carbons (Fsp3) is 0.350. The second kappa shape index (κ2) is 9.08. The Bertz CT molecular complexity index is 632. The third-order valence-electron chi connectivity index (χ3n) is 3.32. The molecular weight excluding hydrogens is 304 g/mol. The topological polar surface area (TPSA) is 44.8 Å². The first-order chi connectivity index (χ1) is 11.6. The molecule has 4 heteroatoms. The van der Waals surface area contributed by atoms with Crippen LogP contribution in [-0.2, 0) is 20.9 Å². The molecule has 0 aliphatic rings. The second-order valence-corrected chi connectivity index (χ2v) is 5.74. The quantitative estimate of drug-likeness (QED) is 0.539. The third kappa shape index (κ3) is 5.70. The maximum Gasteiger partial charge on any atom is 0.376 e. The standard InChI is InChI=1S/C20H24O4/c1-4-10-22-19(21)20(23-14-17-8-6-5-7-9-17)24-18-12-15(2)11-16(3)13-18/h5-9,11-13,20H,4,10,14H2,1-3H3. The fourth-order valence-electron chi connectivity index (χ4n) is 2.29. The van der Waals surface area contributed by atoms with Gasteiger partial charge < -0.3 is 14.2 Å². The number of rotatable bonds is 8. The van der Waals surface area contributed by atoms with Crippen LogP contribution in [0.15, 0.2) is 48.5 Å². The zero-order chi connectivity index (χ0) is 17.4. The van der Waals surface area contributed by atoms with Crippen molar-refractivity contribution in [3.05, 3.63) is 65.2 Å². The zero-order valence-corrected chi connectivity index (χ0v) is 14.5. The molecule has 0 radical (unpaired) electrons. The highest BCUT2D eigenvalue weighted by Gasteiger charge is 2.23. The lowest BCUT2D eigenvalue weighted by molar-refractivity contribution is -0.179. The molecule has 0 fully saturated rings. The largest absolute Gasteiger partial charge is 0.461 e. The summed E-state index contributed by atoms with van der Waals surface area (Å²) in [7, 11) is 0. The summed E-state index contributed by atoms with van der Waals surface area (Å²) in [6.07, 6.45) is -0.335. The number of carbonyl (C=O) groups excluding carboxylic acids is 1. The normalized spacial score (nSPS) is 11.8. The van der Waals surface area contributed by atoms with Crippen molar-refractivity contribution in [3.63, 3.8) is 0 Å². The van der Waals surface area contributed by atoms with Crippen LogP contribution in [0.1, 0.15) is 30.0 Å². The van der Waals surface area contributed by atoms with E-state index in [0.717, 1.165) is 23.1 Å². The first-order valence-corrected chi connectivity index (χ1v) is 8.15. The predicted octanol–water partition coefficient (Wildman–Crippen LogP) is 4.18. The summed E-state index contributed by atoms with van der Waals surface area (Å²) in [6.45, 7) is 6.53. The molecule has 0 heterocycles. The van der Waals surface area contributed by atoms with Gasteiger partial charge in [0.2, 0.25) is 0 Å². The average molecular weight is 328 g/mol. The first-order valence-electron chi connectivity index (χ1n) is 8.15. The fourth-order valence-corrected chi connectivity index (χ4v) is 2.29. The molecule has 128 valence electrons. The van der Waals surface area contributed by atoms with Crippen molar-refractivity contribution in [1.82, 2.24) is 0 Å². The van der Waals surface area contributed by atoms with Gasteiger partial charge in [-0.15, -0.1) is 0 Å². The molecule has 2 rings (SSSR count).